The Balaban J connectivity index is 1.93. The standard InChI is InChI=1S/C21H22F6O2/c1-12(28-2)14-4-3-13-5-10-18(19(17(13)11-14)21(25,26)27)29-16-8-6-15(7-9-16)20(22,23)24/h3-5,10-12,15-16H,6-9H2,1-2H3/t12?,15-,16+. The minimum atomic E-state index is -4.67. The van der Waals surface area contributed by atoms with Crippen LogP contribution in [0, 0.1) is 5.92 Å². The largest absolute Gasteiger partial charge is 0.490 e. The lowest BCUT2D eigenvalue weighted by Crippen LogP contribution is -2.32. The smallest absolute Gasteiger partial charge is 0.420 e. The number of halogens is 6. The van der Waals surface area contributed by atoms with Crippen LogP contribution in [0.5, 0.6) is 5.75 Å². The van der Waals surface area contributed by atoms with Crippen LogP contribution in [-0.4, -0.2) is 19.4 Å². The molecular weight excluding hydrogens is 398 g/mol. The molecule has 1 aliphatic carbocycles. The zero-order valence-corrected chi connectivity index (χ0v) is 16.0. The highest BCUT2D eigenvalue weighted by atomic mass is 19.4. The topological polar surface area (TPSA) is 18.5 Å². The summed E-state index contributed by atoms with van der Waals surface area (Å²) in [7, 11) is 1.47. The summed E-state index contributed by atoms with van der Waals surface area (Å²) in [6, 6.07) is 7.51. The quantitative estimate of drug-likeness (QED) is 0.493. The second-order valence-corrected chi connectivity index (χ2v) is 7.43. The Labute approximate surface area is 164 Å². The fourth-order valence-corrected chi connectivity index (χ4v) is 3.78. The summed E-state index contributed by atoms with van der Waals surface area (Å²) in [4.78, 5) is 0. The van der Waals surface area contributed by atoms with E-state index in [4.69, 9.17) is 9.47 Å². The number of alkyl halides is 6. The number of hydrogen-bond donors (Lipinski definition) is 0. The van der Waals surface area contributed by atoms with Crippen molar-refractivity contribution in [3.63, 3.8) is 0 Å². The van der Waals surface area contributed by atoms with Crippen LogP contribution in [0.2, 0.25) is 0 Å². The Morgan fingerprint density at radius 1 is 0.931 bits per heavy atom. The Morgan fingerprint density at radius 3 is 2.10 bits per heavy atom. The monoisotopic (exact) mass is 420 g/mol. The first-order chi connectivity index (χ1) is 13.5. The van der Waals surface area contributed by atoms with Gasteiger partial charge in [0.15, 0.2) is 0 Å². The number of fused-ring (bicyclic) bond motifs is 1. The van der Waals surface area contributed by atoms with Crippen LogP contribution in [0.4, 0.5) is 26.3 Å². The van der Waals surface area contributed by atoms with Crippen LogP contribution in [0.1, 0.15) is 49.8 Å². The third-order valence-electron chi connectivity index (χ3n) is 5.54. The molecule has 8 heteroatoms. The molecular formula is C21H22F6O2. The van der Waals surface area contributed by atoms with Crippen LogP contribution in [0.3, 0.4) is 0 Å². The predicted molar refractivity (Wildman–Crippen MR) is 96.8 cm³/mol. The molecule has 1 atom stereocenters. The minimum Gasteiger partial charge on any atom is -0.490 e. The van der Waals surface area contributed by atoms with Gasteiger partial charge in [0.25, 0.3) is 0 Å². The van der Waals surface area contributed by atoms with Gasteiger partial charge in [-0.3, -0.25) is 0 Å². The van der Waals surface area contributed by atoms with Gasteiger partial charge < -0.3 is 9.47 Å². The maximum absolute atomic E-state index is 13.9. The molecule has 2 nitrogen and oxygen atoms in total. The third-order valence-corrected chi connectivity index (χ3v) is 5.54. The van der Waals surface area contributed by atoms with Gasteiger partial charge >= 0.3 is 12.4 Å². The van der Waals surface area contributed by atoms with Crippen molar-refractivity contribution in [1.29, 1.82) is 0 Å². The second-order valence-electron chi connectivity index (χ2n) is 7.43. The lowest BCUT2D eigenvalue weighted by molar-refractivity contribution is -0.185. The van der Waals surface area contributed by atoms with Gasteiger partial charge in [-0.25, -0.2) is 0 Å². The molecule has 0 spiro atoms. The van der Waals surface area contributed by atoms with Crippen molar-refractivity contribution in [1.82, 2.24) is 0 Å². The molecule has 0 aromatic heterocycles. The fraction of sp³-hybridized carbons (Fsp3) is 0.524. The molecule has 1 saturated carbocycles. The number of ether oxygens (including phenoxy) is 2. The van der Waals surface area contributed by atoms with Crippen LogP contribution >= 0.6 is 0 Å². The van der Waals surface area contributed by atoms with Gasteiger partial charge in [0.1, 0.15) is 11.3 Å². The minimum absolute atomic E-state index is 0.0135. The molecule has 2 aromatic rings. The maximum Gasteiger partial charge on any atom is 0.420 e. The Kier molecular flexibility index (Phi) is 6.03. The van der Waals surface area contributed by atoms with E-state index in [9.17, 15) is 26.3 Å². The van der Waals surface area contributed by atoms with Crippen molar-refractivity contribution in [2.24, 2.45) is 5.92 Å². The van der Waals surface area contributed by atoms with E-state index in [0.29, 0.717) is 10.9 Å². The van der Waals surface area contributed by atoms with E-state index in [-0.39, 0.29) is 42.9 Å². The molecule has 29 heavy (non-hydrogen) atoms. The van der Waals surface area contributed by atoms with Crippen molar-refractivity contribution >= 4 is 10.8 Å². The lowest BCUT2D eigenvalue weighted by Gasteiger charge is -2.31. The molecule has 1 unspecified atom stereocenters. The summed E-state index contributed by atoms with van der Waals surface area (Å²) in [6.45, 7) is 1.73. The van der Waals surface area contributed by atoms with Gasteiger partial charge in [-0.2, -0.15) is 26.3 Å². The number of methoxy groups -OCH3 is 1. The number of benzene rings is 2. The van der Waals surface area contributed by atoms with Gasteiger partial charge in [0, 0.05) is 7.11 Å². The molecule has 0 heterocycles. The van der Waals surface area contributed by atoms with E-state index in [1.165, 1.54) is 25.3 Å². The van der Waals surface area contributed by atoms with Gasteiger partial charge in [0.2, 0.25) is 0 Å². The Hall–Kier alpha value is -1.96. The van der Waals surface area contributed by atoms with Crippen molar-refractivity contribution in [3.05, 3.63) is 41.5 Å². The van der Waals surface area contributed by atoms with E-state index in [2.05, 4.69) is 0 Å². The summed E-state index contributed by atoms with van der Waals surface area (Å²) in [5.41, 5.74) is -0.313. The molecule has 0 radical (unpaired) electrons. The summed E-state index contributed by atoms with van der Waals surface area (Å²) in [6.07, 6.45) is -10.2. The Bertz CT molecular complexity index is 851. The van der Waals surface area contributed by atoms with Crippen molar-refractivity contribution < 1.29 is 35.8 Å². The van der Waals surface area contributed by atoms with Crippen LogP contribution < -0.4 is 4.74 Å². The molecule has 0 saturated heterocycles. The van der Waals surface area contributed by atoms with Crippen LogP contribution in [0.25, 0.3) is 10.8 Å². The SMILES string of the molecule is COC(C)c1ccc2ccc(O[C@H]3CC[C@@H](C(F)(F)F)CC3)c(C(F)(F)F)c2c1. The summed E-state index contributed by atoms with van der Waals surface area (Å²) >= 11 is 0. The van der Waals surface area contributed by atoms with Crippen molar-refractivity contribution in [2.75, 3.05) is 7.11 Å². The van der Waals surface area contributed by atoms with E-state index in [1.54, 1.807) is 19.1 Å². The van der Waals surface area contributed by atoms with E-state index < -0.39 is 29.9 Å². The van der Waals surface area contributed by atoms with Crippen molar-refractivity contribution in [2.45, 2.75) is 57.2 Å². The average Bonchev–Trinajstić information content (AvgIpc) is 2.65. The highest BCUT2D eigenvalue weighted by Crippen LogP contribution is 2.44. The van der Waals surface area contributed by atoms with Gasteiger partial charge in [-0.1, -0.05) is 18.2 Å². The molecule has 2 aromatic carbocycles. The second kappa shape index (κ2) is 8.05. The summed E-state index contributed by atoms with van der Waals surface area (Å²) in [5, 5.41) is 0.387. The van der Waals surface area contributed by atoms with E-state index >= 15 is 0 Å². The number of rotatable bonds is 4. The fourth-order valence-electron chi connectivity index (χ4n) is 3.78. The first kappa shape index (κ1) is 21.7. The van der Waals surface area contributed by atoms with Gasteiger partial charge in [0.05, 0.1) is 18.1 Å². The molecule has 0 N–H and O–H groups in total. The molecule has 0 aliphatic heterocycles. The van der Waals surface area contributed by atoms with Gasteiger partial charge in [-0.15, -0.1) is 0 Å². The van der Waals surface area contributed by atoms with Crippen LogP contribution in [-0.2, 0) is 10.9 Å². The van der Waals surface area contributed by atoms with E-state index in [0.717, 1.165) is 0 Å². The Morgan fingerprint density at radius 2 is 1.55 bits per heavy atom. The zero-order chi connectivity index (χ0) is 21.4. The molecule has 1 fully saturated rings. The number of hydrogen-bond acceptors (Lipinski definition) is 2. The highest BCUT2D eigenvalue weighted by Gasteiger charge is 2.42. The third kappa shape index (κ3) is 4.79. The molecule has 160 valence electrons. The molecule has 0 bridgehead atoms. The van der Waals surface area contributed by atoms with Crippen LogP contribution in [0.15, 0.2) is 30.3 Å². The van der Waals surface area contributed by atoms with Crippen molar-refractivity contribution in [3.8, 4) is 5.75 Å². The summed E-state index contributed by atoms with van der Waals surface area (Å²) < 4.78 is 91.0. The predicted octanol–water partition coefficient (Wildman–Crippen LogP) is 7.07. The normalized spacial score (nSPS) is 21.9. The molecule has 0 amide bonds. The molecule has 1 aliphatic rings. The maximum atomic E-state index is 13.9. The molecule has 3 rings (SSSR count). The van der Waals surface area contributed by atoms with E-state index in [1.807, 2.05) is 0 Å². The average molecular weight is 420 g/mol. The highest BCUT2D eigenvalue weighted by molar-refractivity contribution is 5.89. The zero-order valence-electron chi connectivity index (χ0n) is 16.0. The lowest BCUT2D eigenvalue weighted by atomic mass is 9.87. The summed E-state index contributed by atoms with van der Waals surface area (Å²) in [5.74, 6) is -1.76. The van der Waals surface area contributed by atoms with Gasteiger partial charge in [-0.05, 0) is 61.1 Å². The first-order valence-electron chi connectivity index (χ1n) is 9.40. The first-order valence-corrected chi connectivity index (χ1v) is 9.40.